The molecule has 4 heteroatoms. The maximum absolute atomic E-state index is 3.74. The fourth-order valence-corrected chi connectivity index (χ4v) is 5.92. The average Bonchev–Trinajstić information content (AvgIpc) is 2.74. The van der Waals surface area contributed by atoms with Crippen LogP contribution in [0, 0.1) is 0 Å². The van der Waals surface area contributed by atoms with Crippen molar-refractivity contribution in [2.24, 2.45) is 0 Å². The van der Waals surface area contributed by atoms with Crippen molar-refractivity contribution in [3.63, 3.8) is 0 Å². The van der Waals surface area contributed by atoms with E-state index in [0.29, 0.717) is 6.04 Å². The van der Waals surface area contributed by atoms with Gasteiger partial charge in [0.2, 0.25) is 0 Å². The van der Waals surface area contributed by atoms with Gasteiger partial charge in [0.15, 0.2) is 0 Å². The first kappa shape index (κ1) is 15.7. The predicted octanol–water partition coefficient (Wildman–Crippen LogP) is 2.74. The summed E-state index contributed by atoms with van der Waals surface area (Å²) in [4.78, 5) is 2.71. The summed E-state index contributed by atoms with van der Waals surface area (Å²) in [7, 11) is 0. The Bertz CT molecular complexity index is 407. The standard InChI is InChI=1S/C17H26N2S2/c1-2-5-15(6-3-1)11-16-12-19(8-4-7-18-16)13-17-14-20-9-10-21-17/h1-3,5-6,16-18H,4,7-14H2. The molecule has 21 heavy (non-hydrogen) atoms. The summed E-state index contributed by atoms with van der Waals surface area (Å²) in [6.07, 6.45) is 2.44. The third-order valence-corrected chi connectivity index (χ3v) is 7.06. The minimum absolute atomic E-state index is 0.608. The van der Waals surface area contributed by atoms with E-state index in [1.165, 1.54) is 55.4 Å². The number of thioether (sulfide) groups is 2. The summed E-state index contributed by atoms with van der Waals surface area (Å²) in [6, 6.07) is 11.5. The van der Waals surface area contributed by atoms with Crippen molar-refractivity contribution in [2.75, 3.05) is 43.4 Å². The highest BCUT2D eigenvalue weighted by atomic mass is 32.2. The van der Waals surface area contributed by atoms with E-state index in [2.05, 4.69) is 64.1 Å². The van der Waals surface area contributed by atoms with Gasteiger partial charge in [0.05, 0.1) is 0 Å². The Morgan fingerprint density at radius 2 is 2.10 bits per heavy atom. The van der Waals surface area contributed by atoms with Crippen LogP contribution in [-0.4, -0.2) is 59.6 Å². The molecule has 0 aliphatic carbocycles. The molecular weight excluding hydrogens is 296 g/mol. The molecular formula is C17H26N2S2. The Morgan fingerprint density at radius 1 is 1.19 bits per heavy atom. The Kier molecular flexibility index (Phi) is 6.34. The van der Waals surface area contributed by atoms with Gasteiger partial charge in [-0.2, -0.15) is 23.5 Å². The lowest BCUT2D eigenvalue weighted by Crippen LogP contribution is -2.42. The molecule has 1 aromatic rings. The van der Waals surface area contributed by atoms with E-state index < -0.39 is 0 Å². The zero-order valence-corrected chi connectivity index (χ0v) is 14.3. The zero-order valence-electron chi connectivity index (χ0n) is 12.7. The molecule has 2 fully saturated rings. The van der Waals surface area contributed by atoms with Crippen LogP contribution in [0.1, 0.15) is 12.0 Å². The number of hydrogen-bond acceptors (Lipinski definition) is 4. The van der Waals surface area contributed by atoms with Gasteiger partial charge >= 0.3 is 0 Å². The monoisotopic (exact) mass is 322 g/mol. The molecule has 0 saturated carbocycles. The first-order valence-electron chi connectivity index (χ1n) is 8.09. The third-order valence-electron chi connectivity index (χ3n) is 4.23. The van der Waals surface area contributed by atoms with Crippen molar-refractivity contribution in [1.29, 1.82) is 0 Å². The van der Waals surface area contributed by atoms with Gasteiger partial charge in [-0.25, -0.2) is 0 Å². The highest BCUT2D eigenvalue weighted by Gasteiger charge is 2.22. The Hall–Kier alpha value is -0.160. The molecule has 0 spiro atoms. The minimum Gasteiger partial charge on any atom is -0.312 e. The fraction of sp³-hybridized carbons (Fsp3) is 0.647. The first-order chi connectivity index (χ1) is 10.4. The van der Waals surface area contributed by atoms with Crippen LogP contribution < -0.4 is 5.32 Å². The van der Waals surface area contributed by atoms with Crippen molar-refractivity contribution in [3.8, 4) is 0 Å². The van der Waals surface area contributed by atoms with Crippen LogP contribution in [0.3, 0.4) is 0 Å². The van der Waals surface area contributed by atoms with Crippen LogP contribution in [0.4, 0.5) is 0 Å². The largest absolute Gasteiger partial charge is 0.312 e. The lowest BCUT2D eigenvalue weighted by molar-refractivity contribution is 0.271. The molecule has 0 bridgehead atoms. The van der Waals surface area contributed by atoms with E-state index in [-0.39, 0.29) is 0 Å². The second kappa shape index (κ2) is 8.47. The van der Waals surface area contributed by atoms with Crippen molar-refractivity contribution in [3.05, 3.63) is 35.9 Å². The Labute approximate surface area is 137 Å². The Morgan fingerprint density at radius 3 is 2.90 bits per heavy atom. The van der Waals surface area contributed by atoms with E-state index in [1.54, 1.807) is 0 Å². The summed E-state index contributed by atoms with van der Waals surface area (Å²) in [6.45, 7) is 4.92. The molecule has 1 aromatic carbocycles. The van der Waals surface area contributed by atoms with Gasteiger partial charge in [0.25, 0.3) is 0 Å². The van der Waals surface area contributed by atoms with Crippen molar-refractivity contribution in [2.45, 2.75) is 24.1 Å². The average molecular weight is 323 g/mol. The fourth-order valence-electron chi connectivity index (χ4n) is 3.21. The van der Waals surface area contributed by atoms with Crippen molar-refractivity contribution >= 4 is 23.5 Å². The van der Waals surface area contributed by atoms with Crippen LogP contribution in [-0.2, 0) is 6.42 Å². The molecule has 2 atom stereocenters. The summed E-state index contributed by atoms with van der Waals surface area (Å²) in [5, 5.41) is 4.59. The summed E-state index contributed by atoms with van der Waals surface area (Å²) in [5.74, 6) is 4.03. The molecule has 2 saturated heterocycles. The molecule has 0 aromatic heterocycles. The van der Waals surface area contributed by atoms with E-state index in [1.807, 2.05) is 0 Å². The summed E-state index contributed by atoms with van der Waals surface area (Å²) < 4.78 is 0. The van der Waals surface area contributed by atoms with Gasteiger partial charge in [-0.1, -0.05) is 30.3 Å². The van der Waals surface area contributed by atoms with Gasteiger partial charge in [0.1, 0.15) is 0 Å². The molecule has 2 nitrogen and oxygen atoms in total. The number of rotatable bonds is 4. The topological polar surface area (TPSA) is 15.3 Å². The maximum Gasteiger partial charge on any atom is 0.0265 e. The van der Waals surface area contributed by atoms with E-state index in [9.17, 15) is 0 Å². The SMILES string of the molecule is c1ccc(CC2CN(CC3CSCCS3)CCCN2)cc1. The normalized spacial score (nSPS) is 28.2. The number of nitrogens with zero attached hydrogens (tertiary/aromatic N) is 1. The summed E-state index contributed by atoms with van der Waals surface area (Å²) in [5.41, 5.74) is 1.46. The second-order valence-corrected chi connectivity index (χ2v) is 8.58. The highest BCUT2D eigenvalue weighted by Crippen LogP contribution is 2.25. The van der Waals surface area contributed by atoms with Crippen molar-refractivity contribution < 1.29 is 0 Å². The molecule has 116 valence electrons. The van der Waals surface area contributed by atoms with Crippen molar-refractivity contribution in [1.82, 2.24) is 10.2 Å². The van der Waals surface area contributed by atoms with E-state index >= 15 is 0 Å². The molecule has 2 heterocycles. The summed E-state index contributed by atoms with van der Waals surface area (Å²) >= 11 is 4.32. The molecule has 2 aliphatic heterocycles. The van der Waals surface area contributed by atoms with Gasteiger partial charge in [-0.15, -0.1) is 0 Å². The molecule has 2 aliphatic rings. The Balaban J connectivity index is 1.53. The second-order valence-electron chi connectivity index (χ2n) is 6.02. The third kappa shape index (κ3) is 5.20. The number of nitrogens with one attached hydrogen (secondary N) is 1. The smallest absolute Gasteiger partial charge is 0.0265 e. The first-order valence-corrected chi connectivity index (χ1v) is 10.3. The van der Waals surface area contributed by atoms with Crippen LogP contribution in [0.5, 0.6) is 0 Å². The highest BCUT2D eigenvalue weighted by molar-refractivity contribution is 8.06. The number of hydrogen-bond donors (Lipinski definition) is 1. The van der Waals surface area contributed by atoms with Gasteiger partial charge in [-0.05, 0) is 31.5 Å². The van der Waals surface area contributed by atoms with Crippen LogP contribution in [0.2, 0.25) is 0 Å². The molecule has 3 rings (SSSR count). The minimum atomic E-state index is 0.608. The quantitative estimate of drug-likeness (QED) is 0.916. The molecule has 1 N–H and O–H groups in total. The molecule has 2 unspecified atom stereocenters. The number of benzene rings is 1. The maximum atomic E-state index is 3.74. The van der Waals surface area contributed by atoms with Crippen LogP contribution in [0.25, 0.3) is 0 Å². The predicted molar refractivity (Wildman–Crippen MR) is 96.6 cm³/mol. The van der Waals surface area contributed by atoms with Gasteiger partial charge in [-0.3, -0.25) is 0 Å². The van der Waals surface area contributed by atoms with Gasteiger partial charge < -0.3 is 10.2 Å². The van der Waals surface area contributed by atoms with E-state index in [4.69, 9.17) is 0 Å². The lowest BCUT2D eigenvalue weighted by Gasteiger charge is -2.30. The van der Waals surface area contributed by atoms with E-state index in [0.717, 1.165) is 11.7 Å². The van der Waals surface area contributed by atoms with Crippen LogP contribution >= 0.6 is 23.5 Å². The molecule has 0 amide bonds. The zero-order chi connectivity index (χ0) is 14.3. The molecule has 0 radical (unpaired) electrons. The lowest BCUT2D eigenvalue weighted by atomic mass is 10.1. The van der Waals surface area contributed by atoms with Gasteiger partial charge in [0, 0.05) is 41.6 Å². The van der Waals surface area contributed by atoms with Crippen LogP contribution in [0.15, 0.2) is 30.3 Å².